The van der Waals surface area contributed by atoms with Crippen LogP contribution in [0.2, 0.25) is 0 Å². The molecule has 1 aromatic carbocycles. The number of nitrogens with one attached hydrogen (secondary N) is 2. The van der Waals surface area contributed by atoms with Gasteiger partial charge >= 0.3 is 5.97 Å². The number of anilines is 2. The number of nitrogen functional groups attached to an aromatic ring is 1. The molecule has 4 N–H and O–H groups in total. The van der Waals surface area contributed by atoms with Crippen LogP contribution in [0.4, 0.5) is 11.4 Å². The molecule has 6 heteroatoms. The van der Waals surface area contributed by atoms with Crippen molar-refractivity contribution in [3.05, 3.63) is 23.8 Å². The van der Waals surface area contributed by atoms with Crippen molar-refractivity contribution in [2.45, 2.75) is 38.8 Å². The quantitative estimate of drug-likeness (QED) is 0.546. The molecular weight excluding hydrogens is 270 g/mol. The Balaban J connectivity index is 2.05. The SMILES string of the molecule is CCOC(=O)c1ccc(N)c(NC(C)C(=O)NC2CC2)c1. The fourth-order valence-corrected chi connectivity index (χ4v) is 1.88. The molecule has 0 bridgehead atoms. The van der Waals surface area contributed by atoms with Gasteiger partial charge in [0.1, 0.15) is 6.04 Å². The number of ether oxygens (including phenoxy) is 1. The molecule has 0 aromatic heterocycles. The number of hydrogen-bond donors (Lipinski definition) is 3. The molecule has 21 heavy (non-hydrogen) atoms. The zero-order chi connectivity index (χ0) is 15.4. The molecule has 0 spiro atoms. The summed E-state index contributed by atoms with van der Waals surface area (Å²) in [4.78, 5) is 23.6. The van der Waals surface area contributed by atoms with Crippen LogP contribution in [0.15, 0.2) is 18.2 Å². The van der Waals surface area contributed by atoms with E-state index < -0.39 is 12.0 Å². The second kappa shape index (κ2) is 6.47. The highest BCUT2D eigenvalue weighted by Crippen LogP contribution is 2.22. The lowest BCUT2D eigenvalue weighted by atomic mass is 10.1. The van der Waals surface area contributed by atoms with Crippen LogP contribution >= 0.6 is 0 Å². The second-order valence-electron chi connectivity index (χ2n) is 5.17. The van der Waals surface area contributed by atoms with E-state index in [-0.39, 0.29) is 5.91 Å². The first-order chi connectivity index (χ1) is 10.0. The van der Waals surface area contributed by atoms with E-state index in [1.807, 2.05) is 0 Å². The first-order valence-corrected chi connectivity index (χ1v) is 7.14. The molecule has 1 aromatic rings. The van der Waals surface area contributed by atoms with Gasteiger partial charge in [0.25, 0.3) is 0 Å². The summed E-state index contributed by atoms with van der Waals surface area (Å²) in [7, 11) is 0. The number of hydrogen-bond acceptors (Lipinski definition) is 5. The van der Waals surface area contributed by atoms with Gasteiger partial charge in [-0.05, 0) is 44.9 Å². The Hall–Kier alpha value is -2.24. The molecular formula is C15H21N3O3. The molecule has 0 radical (unpaired) electrons. The summed E-state index contributed by atoms with van der Waals surface area (Å²) in [5.74, 6) is -0.478. The van der Waals surface area contributed by atoms with Crippen molar-refractivity contribution in [1.82, 2.24) is 5.32 Å². The molecule has 1 unspecified atom stereocenters. The molecule has 1 saturated carbocycles. The third-order valence-electron chi connectivity index (χ3n) is 3.25. The van der Waals surface area contributed by atoms with Crippen molar-refractivity contribution < 1.29 is 14.3 Å². The summed E-state index contributed by atoms with van der Waals surface area (Å²) in [5.41, 5.74) is 7.32. The molecule has 1 aliphatic carbocycles. The fraction of sp³-hybridized carbons (Fsp3) is 0.467. The fourth-order valence-electron chi connectivity index (χ4n) is 1.88. The molecule has 0 saturated heterocycles. The molecule has 1 atom stereocenters. The van der Waals surface area contributed by atoms with E-state index in [0.29, 0.717) is 29.6 Å². The van der Waals surface area contributed by atoms with E-state index in [9.17, 15) is 9.59 Å². The number of carbonyl (C=O) groups excluding carboxylic acids is 2. The predicted octanol–water partition coefficient (Wildman–Crippen LogP) is 1.52. The number of nitrogens with two attached hydrogens (primary N) is 1. The van der Waals surface area contributed by atoms with Crippen LogP contribution in [-0.2, 0) is 9.53 Å². The zero-order valence-corrected chi connectivity index (χ0v) is 12.3. The van der Waals surface area contributed by atoms with Gasteiger partial charge < -0.3 is 21.1 Å². The van der Waals surface area contributed by atoms with Gasteiger partial charge in [-0.15, -0.1) is 0 Å². The molecule has 1 aliphatic rings. The summed E-state index contributed by atoms with van der Waals surface area (Å²) in [6, 6.07) is 4.72. The first kappa shape index (κ1) is 15.2. The highest BCUT2D eigenvalue weighted by atomic mass is 16.5. The van der Waals surface area contributed by atoms with Gasteiger partial charge in [0.05, 0.1) is 23.5 Å². The van der Waals surface area contributed by atoms with Crippen molar-refractivity contribution in [2.75, 3.05) is 17.7 Å². The van der Waals surface area contributed by atoms with Crippen LogP contribution in [-0.4, -0.2) is 30.6 Å². The van der Waals surface area contributed by atoms with E-state index in [1.54, 1.807) is 32.0 Å². The molecule has 2 rings (SSSR count). The van der Waals surface area contributed by atoms with Gasteiger partial charge in [0.15, 0.2) is 0 Å². The average molecular weight is 291 g/mol. The number of rotatable bonds is 6. The van der Waals surface area contributed by atoms with E-state index in [4.69, 9.17) is 10.5 Å². The highest BCUT2D eigenvalue weighted by Gasteiger charge is 2.25. The monoisotopic (exact) mass is 291 g/mol. The van der Waals surface area contributed by atoms with Crippen LogP contribution in [0.5, 0.6) is 0 Å². The summed E-state index contributed by atoms with van der Waals surface area (Å²) in [6.07, 6.45) is 2.08. The third kappa shape index (κ3) is 4.11. The van der Waals surface area contributed by atoms with Gasteiger partial charge in [-0.1, -0.05) is 0 Å². The van der Waals surface area contributed by atoms with E-state index in [1.165, 1.54) is 0 Å². The maximum atomic E-state index is 11.9. The minimum Gasteiger partial charge on any atom is -0.462 e. The van der Waals surface area contributed by atoms with Crippen LogP contribution in [0.25, 0.3) is 0 Å². The van der Waals surface area contributed by atoms with E-state index >= 15 is 0 Å². The maximum Gasteiger partial charge on any atom is 0.338 e. The lowest BCUT2D eigenvalue weighted by Gasteiger charge is -2.17. The van der Waals surface area contributed by atoms with Gasteiger partial charge in [0, 0.05) is 6.04 Å². The minimum atomic E-state index is -0.426. The smallest absolute Gasteiger partial charge is 0.338 e. The molecule has 0 heterocycles. The Kier molecular flexibility index (Phi) is 4.67. The Labute approximate surface area is 124 Å². The van der Waals surface area contributed by atoms with Crippen LogP contribution < -0.4 is 16.4 Å². The van der Waals surface area contributed by atoms with Crippen molar-refractivity contribution in [3.63, 3.8) is 0 Å². The largest absolute Gasteiger partial charge is 0.462 e. The Bertz CT molecular complexity index is 541. The predicted molar refractivity (Wildman–Crippen MR) is 81.1 cm³/mol. The third-order valence-corrected chi connectivity index (χ3v) is 3.25. The topological polar surface area (TPSA) is 93.4 Å². The van der Waals surface area contributed by atoms with Gasteiger partial charge in [-0.2, -0.15) is 0 Å². The Morgan fingerprint density at radius 3 is 2.76 bits per heavy atom. The van der Waals surface area contributed by atoms with Crippen molar-refractivity contribution >= 4 is 23.3 Å². The van der Waals surface area contributed by atoms with Crippen LogP contribution in [0.1, 0.15) is 37.0 Å². The molecule has 0 aliphatic heterocycles. The summed E-state index contributed by atoms with van der Waals surface area (Å²) >= 11 is 0. The van der Waals surface area contributed by atoms with Crippen molar-refractivity contribution in [1.29, 1.82) is 0 Å². The van der Waals surface area contributed by atoms with Gasteiger partial charge in [0.2, 0.25) is 5.91 Å². The molecule has 1 fully saturated rings. The highest BCUT2D eigenvalue weighted by molar-refractivity contribution is 5.93. The summed E-state index contributed by atoms with van der Waals surface area (Å²) < 4.78 is 4.95. The minimum absolute atomic E-state index is 0.0709. The Morgan fingerprint density at radius 2 is 2.14 bits per heavy atom. The summed E-state index contributed by atoms with van der Waals surface area (Å²) in [6.45, 7) is 3.82. The lowest BCUT2D eigenvalue weighted by molar-refractivity contribution is -0.121. The van der Waals surface area contributed by atoms with Crippen molar-refractivity contribution in [3.8, 4) is 0 Å². The van der Waals surface area contributed by atoms with Crippen LogP contribution in [0.3, 0.4) is 0 Å². The number of esters is 1. The summed E-state index contributed by atoms with van der Waals surface area (Å²) in [5, 5.41) is 5.95. The molecule has 6 nitrogen and oxygen atoms in total. The molecule has 1 amide bonds. The maximum absolute atomic E-state index is 11.9. The standard InChI is InChI=1S/C15H21N3O3/c1-3-21-15(20)10-4-7-12(16)13(8-10)17-9(2)14(19)18-11-5-6-11/h4,7-9,11,17H,3,5-6,16H2,1-2H3,(H,18,19). The lowest BCUT2D eigenvalue weighted by Crippen LogP contribution is -2.38. The average Bonchev–Trinajstić information content (AvgIpc) is 3.25. The van der Waals surface area contributed by atoms with E-state index in [2.05, 4.69) is 10.6 Å². The van der Waals surface area contributed by atoms with Gasteiger partial charge in [-0.25, -0.2) is 4.79 Å². The van der Waals surface area contributed by atoms with Crippen molar-refractivity contribution in [2.24, 2.45) is 0 Å². The Morgan fingerprint density at radius 1 is 1.43 bits per heavy atom. The number of amides is 1. The second-order valence-corrected chi connectivity index (χ2v) is 5.17. The zero-order valence-electron chi connectivity index (χ0n) is 12.3. The van der Waals surface area contributed by atoms with Gasteiger partial charge in [-0.3, -0.25) is 4.79 Å². The number of benzene rings is 1. The molecule has 114 valence electrons. The van der Waals surface area contributed by atoms with Crippen LogP contribution in [0, 0.1) is 0 Å². The number of carbonyl (C=O) groups is 2. The normalized spacial score (nSPS) is 15.1. The first-order valence-electron chi connectivity index (χ1n) is 7.14. The van der Waals surface area contributed by atoms with E-state index in [0.717, 1.165) is 12.8 Å².